The molecule has 3 nitrogen and oxygen atoms in total. The molecule has 0 bridgehead atoms. The van der Waals surface area contributed by atoms with Gasteiger partial charge in [0.1, 0.15) is 11.4 Å². The van der Waals surface area contributed by atoms with Gasteiger partial charge in [0.05, 0.1) is 5.69 Å². The van der Waals surface area contributed by atoms with Crippen LogP contribution in [0.3, 0.4) is 0 Å². The molecule has 1 aromatic carbocycles. The van der Waals surface area contributed by atoms with Crippen LogP contribution >= 0.6 is 11.8 Å². The molecule has 1 aliphatic carbocycles. The molecule has 1 aromatic rings. The predicted molar refractivity (Wildman–Crippen MR) is 81.2 cm³/mol. The van der Waals surface area contributed by atoms with Crippen LogP contribution in [0.25, 0.3) is 0 Å². The van der Waals surface area contributed by atoms with Crippen molar-refractivity contribution in [3.8, 4) is 0 Å². The second-order valence-corrected chi connectivity index (χ2v) is 6.54. The van der Waals surface area contributed by atoms with Crippen LogP contribution in [-0.4, -0.2) is 28.6 Å². The zero-order chi connectivity index (χ0) is 14.6. The number of hydrogen-bond acceptors (Lipinski definition) is 3. The third kappa shape index (κ3) is 3.26. The lowest BCUT2D eigenvalue weighted by molar-refractivity contribution is 0.0693. The van der Waals surface area contributed by atoms with Gasteiger partial charge in [-0.2, -0.15) is 11.8 Å². The zero-order valence-electron chi connectivity index (χ0n) is 11.6. The minimum absolute atomic E-state index is 0.139. The van der Waals surface area contributed by atoms with Crippen molar-refractivity contribution in [2.45, 2.75) is 36.9 Å². The molecule has 0 atom stereocenters. The third-order valence-electron chi connectivity index (χ3n) is 4.03. The lowest BCUT2D eigenvalue weighted by Crippen LogP contribution is -2.35. The summed E-state index contributed by atoms with van der Waals surface area (Å²) in [6.45, 7) is 0.678. The summed E-state index contributed by atoms with van der Waals surface area (Å²) in [5.74, 6) is -1.92. The lowest BCUT2D eigenvalue weighted by Gasteiger charge is -2.36. The number of carboxylic acid groups (broad SMARTS) is 1. The molecule has 1 aliphatic rings. The van der Waals surface area contributed by atoms with Crippen LogP contribution < -0.4 is 5.32 Å². The number of nitrogens with one attached hydrogen (secondary N) is 1. The number of anilines is 1. The monoisotopic (exact) mass is 297 g/mol. The molecule has 5 heteroatoms. The third-order valence-corrected chi connectivity index (χ3v) is 5.44. The quantitative estimate of drug-likeness (QED) is 0.862. The van der Waals surface area contributed by atoms with Crippen LogP contribution in [0.5, 0.6) is 0 Å². The molecule has 0 heterocycles. The van der Waals surface area contributed by atoms with Gasteiger partial charge in [0.2, 0.25) is 0 Å². The van der Waals surface area contributed by atoms with E-state index < -0.39 is 11.8 Å². The summed E-state index contributed by atoms with van der Waals surface area (Å²) in [4.78, 5) is 11.2. The first-order valence-corrected chi connectivity index (χ1v) is 8.11. The Hall–Kier alpha value is -1.23. The first-order valence-electron chi connectivity index (χ1n) is 6.89. The van der Waals surface area contributed by atoms with Gasteiger partial charge in [0, 0.05) is 11.3 Å². The molecule has 0 aliphatic heterocycles. The van der Waals surface area contributed by atoms with Gasteiger partial charge in [0.25, 0.3) is 0 Å². The van der Waals surface area contributed by atoms with Crippen LogP contribution in [0.4, 0.5) is 10.1 Å². The Kier molecular flexibility index (Phi) is 4.91. The first-order chi connectivity index (χ1) is 9.58. The highest BCUT2D eigenvalue weighted by molar-refractivity contribution is 8.00. The number of benzene rings is 1. The first kappa shape index (κ1) is 15.2. The Balaban J connectivity index is 2.14. The Labute approximate surface area is 123 Å². The maximum absolute atomic E-state index is 13.6. The number of aromatic carboxylic acids is 1. The molecule has 1 fully saturated rings. The number of carboxylic acids is 1. The summed E-state index contributed by atoms with van der Waals surface area (Å²) >= 11 is 1.83. The zero-order valence-corrected chi connectivity index (χ0v) is 12.4. The smallest absolute Gasteiger partial charge is 0.340 e. The van der Waals surface area contributed by atoms with E-state index in [4.69, 9.17) is 5.11 Å². The second-order valence-electron chi connectivity index (χ2n) is 5.27. The molecule has 2 rings (SSSR count). The van der Waals surface area contributed by atoms with Gasteiger partial charge in [-0.15, -0.1) is 0 Å². The average molecular weight is 297 g/mol. The maximum Gasteiger partial charge on any atom is 0.340 e. The van der Waals surface area contributed by atoms with E-state index in [2.05, 4.69) is 11.6 Å². The van der Waals surface area contributed by atoms with Crippen molar-refractivity contribution in [1.29, 1.82) is 0 Å². The highest BCUT2D eigenvalue weighted by atomic mass is 32.2. The van der Waals surface area contributed by atoms with Gasteiger partial charge in [-0.25, -0.2) is 9.18 Å². The number of hydrogen-bond donors (Lipinski definition) is 2. The number of rotatable bonds is 5. The second kappa shape index (κ2) is 6.48. The van der Waals surface area contributed by atoms with E-state index in [0.717, 1.165) is 12.8 Å². The molecule has 0 spiro atoms. The van der Waals surface area contributed by atoms with E-state index in [0.29, 0.717) is 12.2 Å². The van der Waals surface area contributed by atoms with E-state index in [-0.39, 0.29) is 10.3 Å². The SMILES string of the molecule is CSC1(CNc2cccc(F)c2C(=O)O)CCCCC1. The fourth-order valence-electron chi connectivity index (χ4n) is 2.79. The maximum atomic E-state index is 13.6. The fraction of sp³-hybridized carbons (Fsp3) is 0.533. The molecular weight excluding hydrogens is 277 g/mol. The molecule has 0 aromatic heterocycles. The minimum atomic E-state index is -1.23. The highest BCUT2D eigenvalue weighted by Gasteiger charge is 2.31. The molecule has 20 heavy (non-hydrogen) atoms. The lowest BCUT2D eigenvalue weighted by atomic mass is 9.88. The van der Waals surface area contributed by atoms with E-state index in [1.807, 2.05) is 11.8 Å². The molecule has 0 unspecified atom stereocenters. The molecule has 2 N–H and O–H groups in total. The highest BCUT2D eigenvalue weighted by Crippen LogP contribution is 2.38. The van der Waals surface area contributed by atoms with Crippen molar-refractivity contribution in [2.24, 2.45) is 0 Å². The topological polar surface area (TPSA) is 49.3 Å². The molecular formula is C15H20FNO2S. The van der Waals surface area contributed by atoms with Crippen LogP contribution in [0.1, 0.15) is 42.5 Å². The predicted octanol–water partition coefficient (Wildman–Crippen LogP) is 4.00. The van der Waals surface area contributed by atoms with E-state index in [9.17, 15) is 9.18 Å². The number of thioether (sulfide) groups is 1. The van der Waals surface area contributed by atoms with E-state index >= 15 is 0 Å². The Morgan fingerprint density at radius 3 is 2.70 bits per heavy atom. The van der Waals surface area contributed by atoms with Gasteiger partial charge < -0.3 is 10.4 Å². The Bertz CT molecular complexity index is 487. The van der Waals surface area contributed by atoms with Crippen LogP contribution in [0.15, 0.2) is 18.2 Å². The summed E-state index contributed by atoms with van der Waals surface area (Å²) in [6, 6.07) is 4.35. The van der Waals surface area contributed by atoms with Gasteiger partial charge >= 0.3 is 5.97 Å². The molecule has 0 radical (unpaired) electrons. The van der Waals surface area contributed by atoms with Crippen molar-refractivity contribution >= 4 is 23.4 Å². The summed E-state index contributed by atoms with van der Waals surface area (Å²) in [7, 11) is 0. The Morgan fingerprint density at radius 1 is 1.40 bits per heavy atom. The summed E-state index contributed by atoms with van der Waals surface area (Å²) < 4.78 is 13.8. The van der Waals surface area contributed by atoms with Crippen molar-refractivity contribution in [3.05, 3.63) is 29.6 Å². The van der Waals surface area contributed by atoms with Crippen molar-refractivity contribution in [1.82, 2.24) is 0 Å². The normalized spacial score (nSPS) is 17.7. The standard InChI is InChI=1S/C15H20FNO2S/c1-20-15(8-3-2-4-9-15)10-17-12-7-5-6-11(16)13(12)14(18)19/h5-7,17H,2-4,8-10H2,1H3,(H,18,19). The largest absolute Gasteiger partial charge is 0.478 e. The van der Waals surface area contributed by atoms with Crippen LogP contribution in [-0.2, 0) is 0 Å². The van der Waals surface area contributed by atoms with Gasteiger partial charge in [0.15, 0.2) is 0 Å². The Morgan fingerprint density at radius 2 is 2.10 bits per heavy atom. The number of halogens is 1. The van der Waals surface area contributed by atoms with Crippen LogP contribution in [0, 0.1) is 5.82 Å². The van der Waals surface area contributed by atoms with E-state index in [1.54, 1.807) is 6.07 Å². The van der Waals surface area contributed by atoms with Crippen molar-refractivity contribution in [2.75, 3.05) is 18.1 Å². The fourth-order valence-corrected chi connectivity index (χ4v) is 3.71. The van der Waals surface area contributed by atoms with Crippen molar-refractivity contribution < 1.29 is 14.3 Å². The van der Waals surface area contributed by atoms with Gasteiger partial charge in [-0.3, -0.25) is 0 Å². The average Bonchev–Trinajstić information content (AvgIpc) is 2.45. The number of carbonyl (C=O) groups is 1. The summed E-state index contributed by atoms with van der Waals surface area (Å²) in [5.41, 5.74) is 0.107. The van der Waals surface area contributed by atoms with Crippen LogP contribution in [0.2, 0.25) is 0 Å². The van der Waals surface area contributed by atoms with Crippen molar-refractivity contribution in [3.63, 3.8) is 0 Å². The minimum Gasteiger partial charge on any atom is -0.478 e. The summed E-state index contributed by atoms with van der Waals surface area (Å²) in [6.07, 6.45) is 8.02. The van der Waals surface area contributed by atoms with E-state index in [1.165, 1.54) is 31.4 Å². The molecule has 1 saturated carbocycles. The van der Waals surface area contributed by atoms with Gasteiger partial charge in [-0.1, -0.05) is 25.3 Å². The van der Waals surface area contributed by atoms with Gasteiger partial charge in [-0.05, 0) is 31.2 Å². The molecule has 110 valence electrons. The molecule has 0 saturated heterocycles. The molecule has 0 amide bonds. The summed E-state index contributed by atoms with van der Waals surface area (Å²) in [5, 5.41) is 12.3.